The molecule has 9 nitrogen and oxygen atoms in total. The third-order valence-corrected chi connectivity index (χ3v) is 3.50. The molecule has 0 fully saturated rings. The Morgan fingerprint density at radius 3 is 1.60 bits per heavy atom. The number of nitrogens with zero attached hydrogens (tertiary/aromatic N) is 1. The fourth-order valence-corrected chi connectivity index (χ4v) is 2.04. The SMILES string of the molecule is C=CC(=O)OCCCC(=O)OCc1cccc(COC(=O)CCCOC(=O)C=C)n1. The quantitative estimate of drug-likeness (QED) is 0.193. The fraction of sp³-hybridized carbons (Fsp3) is 0.381. The van der Waals surface area contributed by atoms with Crippen LogP contribution >= 0.6 is 0 Å². The van der Waals surface area contributed by atoms with Crippen LogP contribution in [0.3, 0.4) is 0 Å². The molecule has 0 aliphatic carbocycles. The predicted molar refractivity (Wildman–Crippen MR) is 105 cm³/mol. The monoisotopic (exact) mass is 419 g/mol. The minimum atomic E-state index is -0.541. The lowest BCUT2D eigenvalue weighted by Crippen LogP contribution is -2.10. The lowest BCUT2D eigenvalue weighted by Gasteiger charge is -2.08. The van der Waals surface area contributed by atoms with E-state index in [-0.39, 0.29) is 39.3 Å². The second-order valence-corrected chi connectivity index (χ2v) is 5.89. The van der Waals surface area contributed by atoms with Crippen molar-refractivity contribution < 1.29 is 38.1 Å². The van der Waals surface area contributed by atoms with Crippen LogP contribution in [-0.4, -0.2) is 42.1 Å². The van der Waals surface area contributed by atoms with Crippen molar-refractivity contribution in [3.05, 3.63) is 54.9 Å². The molecule has 0 spiro atoms. The normalized spacial score (nSPS) is 9.87. The van der Waals surface area contributed by atoms with E-state index in [9.17, 15) is 19.2 Å². The highest BCUT2D eigenvalue weighted by atomic mass is 16.5. The van der Waals surface area contributed by atoms with Crippen molar-refractivity contribution in [2.45, 2.75) is 38.9 Å². The molecule has 0 aliphatic rings. The summed E-state index contributed by atoms with van der Waals surface area (Å²) in [6.45, 7) is 6.71. The van der Waals surface area contributed by atoms with Crippen molar-refractivity contribution in [2.24, 2.45) is 0 Å². The number of esters is 4. The second-order valence-electron chi connectivity index (χ2n) is 5.89. The van der Waals surface area contributed by atoms with Crippen LogP contribution in [0.1, 0.15) is 37.1 Å². The topological polar surface area (TPSA) is 118 Å². The number of rotatable bonds is 14. The fourth-order valence-electron chi connectivity index (χ4n) is 2.04. The number of hydrogen-bond donors (Lipinski definition) is 0. The lowest BCUT2D eigenvalue weighted by molar-refractivity contribution is -0.146. The predicted octanol–water partition coefficient (Wildman–Crippen LogP) is 2.19. The Morgan fingerprint density at radius 2 is 1.20 bits per heavy atom. The van der Waals surface area contributed by atoms with E-state index < -0.39 is 23.9 Å². The second kappa shape index (κ2) is 14.5. The Labute approximate surface area is 174 Å². The zero-order valence-electron chi connectivity index (χ0n) is 16.7. The molecule has 0 unspecified atom stereocenters. The molecule has 1 aromatic rings. The van der Waals surface area contributed by atoms with Crippen LogP contribution in [0.15, 0.2) is 43.5 Å². The maximum absolute atomic E-state index is 11.7. The minimum absolute atomic E-state index is 0.0261. The summed E-state index contributed by atoms with van der Waals surface area (Å²) in [6, 6.07) is 5.07. The van der Waals surface area contributed by atoms with Gasteiger partial charge in [-0.05, 0) is 25.0 Å². The molecule has 0 N–H and O–H groups in total. The number of pyridine rings is 1. The van der Waals surface area contributed by atoms with E-state index in [1.54, 1.807) is 18.2 Å². The number of carbonyl (C=O) groups is 4. The third kappa shape index (κ3) is 11.4. The van der Waals surface area contributed by atoms with E-state index in [1.807, 2.05) is 0 Å². The van der Waals surface area contributed by atoms with E-state index >= 15 is 0 Å². The van der Waals surface area contributed by atoms with Gasteiger partial charge in [0, 0.05) is 25.0 Å². The Hall–Kier alpha value is -3.49. The molecule has 9 heteroatoms. The molecule has 0 atom stereocenters. The van der Waals surface area contributed by atoms with E-state index in [4.69, 9.17) is 18.9 Å². The standard InChI is InChI=1S/C21H25NO8/c1-3-18(23)27-12-6-10-20(25)29-14-16-8-5-9-17(22-16)15-30-21(26)11-7-13-28-19(24)4-2/h3-5,8-9H,1-2,6-7,10-15H2. The molecule has 0 amide bonds. The van der Waals surface area contributed by atoms with Gasteiger partial charge < -0.3 is 18.9 Å². The first-order valence-corrected chi connectivity index (χ1v) is 9.29. The van der Waals surface area contributed by atoms with Crippen molar-refractivity contribution in [1.29, 1.82) is 0 Å². The van der Waals surface area contributed by atoms with Crippen LogP contribution in [0, 0.1) is 0 Å². The first-order valence-electron chi connectivity index (χ1n) is 9.29. The Morgan fingerprint density at radius 1 is 0.767 bits per heavy atom. The van der Waals surface area contributed by atoms with Gasteiger partial charge in [0.25, 0.3) is 0 Å². The van der Waals surface area contributed by atoms with Crippen molar-refractivity contribution in [3.63, 3.8) is 0 Å². The Kier molecular flexibility index (Phi) is 11.9. The van der Waals surface area contributed by atoms with Gasteiger partial charge in [0.05, 0.1) is 24.6 Å². The molecule has 0 bridgehead atoms. The van der Waals surface area contributed by atoms with Crippen molar-refractivity contribution in [2.75, 3.05) is 13.2 Å². The summed E-state index contributed by atoms with van der Waals surface area (Å²) in [7, 11) is 0. The summed E-state index contributed by atoms with van der Waals surface area (Å²) in [5.41, 5.74) is 1.01. The van der Waals surface area contributed by atoms with Crippen molar-refractivity contribution in [1.82, 2.24) is 4.98 Å². The van der Waals surface area contributed by atoms with Gasteiger partial charge in [-0.1, -0.05) is 19.2 Å². The maximum Gasteiger partial charge on any atom is 0.330 e. The highest BCUT2D eigenvalue weighted by Gasteiger charge is 2.08. The van der Waals surface area contributed by atoms with Gasteiger partial charge in [-0.25, -0.2) is 9.59 Å². The average Bonchev–Trinajstić information content (AvgIpc) is 2.76. The molecule has 0 saturated heterocycles. The van der Waals surface area contributed by atoms with Crippen LogP contribution < -0.4 is 0 Å². The van der Waals surface area contributed by atoms with E-state index in [2.05, 4.69) is 18.1 Å². The van der Waals surface area contributed by atoms with E-state index in [1.165, 1.54) is 0 Å². The summed E-state index contributed by atoms with van der Waals surface area (Å²) in [6.07, 6.45) is 2.99. The molecule has 1 heterocycles. The highest BCUT2D eigenvalue weighted by molar-refractivity contribution is 5.81. The summed E-state index contributed by atoms with van der Waals surface area (Å²) >= 11 is 0. The zero-order valence-corrected chi connectivity index (χ0v) is 16.7. The minimum Gasteiger partial charge on any atom is -0.463 e. The highest BCUT2D eigenvalue weighted by Crippen LogP contribution is 2.06. The third-order valence-electron chi connectivity index (χ3n) is 3.50. The molecular formula is C21H25NO8. The number of carbonyl (C=O) groups excluding carboxylic acids is 4. The maximum atomic E-state index is 11.7. The van der Waals surface area contributed by atoms with Gasteiger partial charge in [-0.15, -0.1) is 0 Å². The average molecular weight is 419 g/mol. The Balaban J connectivity index is 2.27. The van der Waals surface area contributed by atoms with Crippen molar-refractivity contribution in [3.8, 4) is 0 Å². The Bertz CT molecular complexity index is 700. The molecule has 162 valence electrons. The molecule has 0 aromatic carbocycles. The van der Waals surface area contributed by atoms with Crippen LogP contribution in [0.25, 0.3) is 0 Å². The molecule has 0 aliphatic heterocycles. The molecule has 1 aromatic heterocycles. The van der Waals surface area contributed by atoms with Crippen LogP contribution in [0.5, 0.6) is 0 Å². The van der Waals surface area contributed by atoms with E-state index in [0.717, 1.165) is 12.2 Å². The molecular weight excluding hydrogens is 394 g/mol. The summed E-state index contributed by atoms with van der Waals surface area (Å²) in [4.78, 5) is 49.4. The summed E-state index contributed by atoms with van der Waals surface area (Å²) in [5, 5.41) is 0. The zero-order chi connectivity index (χ0) is 22.2. The van der Waals surface area contributed by atoms with Crippen molar-refractivity contribution >= 4 is 23.9 Å². The first-order chi connectivity index (χ1) is 14.4. The van der Waals surface area contributed by atoms with Crippen LogP contribution in [0.4, 0.5) is 0 Å². The number of aromatic nitrogens is 1. The summed E-state index contributed by atoms with van der Waals surface area (Å²) in [5.74, 6) is -1.97. The number of hydrogen-bond acceptors (Lipinski definition) is 9. The van der Waals surface area contributed by atoms with E-state index in [0.29, 0.717) is 24.2 Å². The lowest BCUT2D eigenvalue weighted by atomic mass is 10.3. The molecule has 0 saturated carbocycles. The van der Waals surface area contributed by atoms with Gasteiger partial charge in [-0.2, -0.15) is 0 Å². The number of ether oxygens (including phenoxy) is 4. The van der Waals surface area contributed by atoms with Crippen LogP contribution in [-0.2, 0) is 51.3 Å². The van der Waals surface area contributed by atoms with Gasteiger partial charge in [-0.3, -0.25) is 14.6 Å². The van der Waals surface area contributed by atoms with Gasteiger partial charge >= 0.3 is 23.9 Å². The van der Waals surface area contributed by atoms with Gasteiger partial charge in [0.15, 0.2) is 0 Å². The van der Waals surface area contributed by atoms with Crippen LogP contribution in [0.2, 0.25) is 0 Å². The largest absolute Gasteiger partial charge is 0.463 e. The first kappa shape index (κ1) is 24.5. The smallest absolute Gasteiger partial charge is 0.330 e. The molecule has 30 heavy (non-hydrogen) atoms. The van der Waals surface area contributed by atoms with Gasteiger partial charge in [0.1, 0.15) is 13.2 Å². The molecule has 1 rings (SSSR count). The summed E-state index contributed by atoms with van der Waals surface area (Å²) < 4.78 is 19.8. The van der Waals surface area contributed by atoms with Gasteiger partial charge in [0.2, 0.25) is 0 Å². The molecule has 0 radical (unpaired) electrons.